The Morgan fingerprint density at radius 1 is 0.824 bits per heavy atom. The van der Waals surface area contributed by atoms with Gasteiger partial charge in [0.05, 0.1) is 4.92 Å². The predicted molar refractivity (Wildman–Crippen MR) is 142 cm³/mol. The maximum atomic E-state index is 11.8. The van der Waals surface area contributed by atoms with Crippen LogP contribution in [0.1, 0.15) is 96.8 Å². The fraction of sp³-hybridized carbons (Fsp3) is 0.630. The van der Waals surface area contributed by atoms with Gasteiger partial charge in [-0.3, -0.25) is 10.1 Å². The monoisotopic (exact) mass is 469 g/mol. The highest BCUT2D eigenvalue weighted by Gasteiger charge is 2.25. The first-order chi connectivity index (χ1) is 16.6. The van der Waals surface area contributed by atoms with E-state index in [1.165, 1.54) is 83.4 Å². The molecule has 0 bridgehead atoms. The topological polar surface area (TPSA) is 84.2 Å². The molecule has 0 fully saturated rings. The van der Waals surface area contributed by atoms with E-state index < -0.39 is 4.92 Å². The Labute approximate surface area is 205 Å². The summed E-state index contributed by atoms with van der Waals surface area (Å²) >= 11 is 0. The summed E-state index contributed by atoms with van der Waals surface area (Å²) < 4.78 is 0. The van der Waals surface area contributed by atoms with Crippen LogP contribution < -0.4 is 10.2 Å². The van der Waals surface area contributed by atoms with Crippen molar-refractivity contribution in [2.75, 3.05) is 23.8 Å². The number of hydrogen-bond acceptors (Lipinski definition) is 6. The second-order valence-electron chi connectivity index (χ2n) is 9.07. The van der Waals surface area contributed by atoms with Gasteiger partial charge >= 0.3 is 5.69 Å². The van der Waals surface area contributed by atoms with E-state index in [2.05, 4.69) is 22.2 Å². The molecule has 34 heavy (non-hydrogen) atoms. The van der Waals surface area contributed by atoms with Gasteiger partial charge in [-0.15, -0.1) is 0 Å². The molecule has 0 saturated heterocycles. The highest BCUT2D eigenvalue weighted by molar-refractivity contribution is 5.75. The first kappa shape index (κ1) is 27.5. The Hall–Kier alpha value is -2.70. The van der Waals surface area contributed by atoms with Gasteiger partial charge in [-0.1, -0.05) is 109 Å². The second-order valence-corrected chi connectivity index (χ2v) is 9.07. The van der Waals surface area contributed by atoms with Crippen LogP contribution in [0.2, 0.25) is 0 Å². The standard InChI is InChI=1S/C27H43N5O2/c1-3-4-5-6-7-8-9-10-11-12-13-14-15-19-22-28-26-25(32(33)34)27(30-23-29-26)31(2)24-20-17-16-18-21-24/h16-18,20-21,23H,3-15,19,22H2,1-2H3,(H,28,29,30). The van der Waals surface area contributed by atoms with Crippen LogP contribution in [0.5, 0.6) is 0 Å². The van der Waals surface area contributed by atoms with Crippen LogP contribution in [-0.2, 0) is 0 Å². The molecule has 2 rings (SSSR count). The molecule has 0 aliphatic heterocycles. The van der Waals surface area contributed by atoms with E-state index >= 15 is 0 Å². The fourth-order valence-corrected chi connectivity index (χ4v) is 4.21. The Kier molecular flexibility index (Phi) is 13.6. The van der Waals surface area contributed by atoms with E-state index in [0.29, 0.717) is 6.54 Å². The van der Waals surface area contributed by atoms with Crippen LogP contribution in [0.25, 0.3) is 0 Å². The lowest BCUT2D eigenvalue weighted by molar-refractivity contribution is -0.383. The van der Waals surface area contributed by atoms with Crippen LogP contribution in [0, 0.1) is 10.1 Å². The van der Waals surface area contributed by atoms with Crippen molar-refractivity contribution >= 4 is 23.0 Å². The van der Waals surface area contributed by atoms with Crippen molar-refractivity contribution in [1.82, 2.24) is 9.97 Å². The number of nitro groups is 1. The zero-order valence-corrected chi connectivity index (χ0v) is 21.2. The summed E-state index contributed by atoms with van der Waals surface area (Å²) in [6.07, 6.45) is 19.7. The molecule has 0 saturated carbocycles. The van der Waals surface area contributed by atoms with Crippen LogP contribution in [-0.4, -0.2) is 28.5 Å². The molecule has 2 aromatic rings. The number of benzene rings is 1. The molecule has 1 heterocycles. The minimum absolute atomic E-state index is 0.0841. The van der Waals surface area contributed by atoms with Gasteiger partial charge in [0.25, 0.3) is 0 Å². The Morgan fingerprint density at radius 3 is 1.88 bits per heavy atom. The van der Waals surface area contributed by atoms with Crippen molar-refractivity contribution in [3.63, 3.8) is 0 Å². The Morgan fingerprint density at radius 2 is 1.35 bits per heavy atom. The Balaban J connectivity index is 1.63. The molecule has 0 amide bonds. The van der Waals surface area contributed by atoms with Gasteiger partial charge in [-0.25, -0.2) is 9.97 Å². The third-order valence-corrected chi connectivity index (χ3v) is 6.27. The zero-order valence-electron chi connectivity index (χ0n) is 21.2. The van der Waals surface area contributed by atoms with Gasteiger partial charge in [0.15, 0.2) is 0 Å². The molecule has 1 aromatic carbocycles. The number of rotatable bonds is 19. The number of nitrogens with one attached hydrogen (secondary N) is 1. The number of hydrogen-bond donors (Lipinski definition) is 1. The lowest BCUT2D eigenvalue weighted by atomic mass is 10.0. The molecule has 0 spiro atoms. The first-order valence-electron chi connectivity index (χ1n) is 13.2. The normalized spacial score (nSPS) is 10.9. The third kappa shape index (κ3) is 10.1. The number of para-hydroxylation sites is 1. The van der Waals surface area contributed by atoms with Crippen molar-refractivity contribution in [3.05, 3.63) is 46.8 Å². The van der Waals surface area contributed by atoms with Crippen molar-refractivity contribution in [1.29, 1.82) is 0 Å². The van der Waals surface area contributed by atoms with Gasteiger partial charge < -0.3 is 10.2 Å². The minimum atomic E-state index is -0.400. The fourth-order valence-electron chi connectivity index (χ4n) is 4.21. The molecule has 1 aromatic heterocycles. The van der Waals surface area contributed by atoms with E-state index in [4.69, 9.17) is 0 Å². The molecule has 0 aliphatic carbocycles. The summed E-state index contributed by atoms with van der Waals surface area (Å²) in [5, 5.41) is 15.0. The molecule has 0 aliphatic rings. The predicted octanol–water partition coefficient (Wildman–Crippen LogP) is 8.05. The number of nitrogens with zero attached hydrogens (tertiary/aromatic N) is 4. The highest BCUT2D eigenvalue weighted by atomic mass is 16.6. The van der Waals surface area contributed by atoms with Crippen molar-refractivity contribution in [2.24, 2.45) is 0 Å². The van der Waals surface area contributed by atoms with E-state index in [1.807, 2.05) is 30.3 Å². The van der Waals surface area contributed by atoms with Gasteiger partial charge in [-0.05, 0) is 18.6 Å². The molecular formula is C27H43N5O2. The average Bonchev–Trinajstić information content (AvgIpc) is 2.86. The molecule has 7 nitrogen and oxygen atoms in total. The number of unbranched alkanes of at least 4 members (excludes halogenated alkanes) is 13. The average molecular weight is 470 g/mol. The first-order valence-corrected chi connectivity index (χ1v) is 13.2. The lowest BCUT2D eigenvalue weighted by Gasteiger charge is -2.18. The molecule has 1 N–H and O–H groups in total. The van der Waals surface area contributed by atoms with E-state index in [9.17, 15) is 10.1 Å². The summed E-state index contributed by atoms with van der Waals surface area (Å²) in [4.78, 5) is 21.5. The van der Waals surface area contributed by atoms with Gasteiger partial charge in [0.2, 0.25) is 11.6 Å². The summed E-state index contributed by atoms with van der Waals surface area (Å²) in [5.41, 5.74) is 0.751. The minimum Gasteiger partial charge on any atom is -0.364 e. The maximum absolute atomic E-state index is 11.8. The summed E-state index contributed by atoms with van der Waals surface area (Å²) in [6, 6.07) is 9.50. The molecule has 188 valence electrons. The van der Waals surface area contributed by atoms with Crippen molar-refractivity contribution < 1.29 is 4.92 Å². The third-order valence-electron chi connectivity index (χ3n) is 6.27. The number of aromatic nitrogens is 2. The van der Waals surface area contributed by atoms with Crippen molar-refractivity contribution in [2.45, 2.75) is 96.8 Å². The van der Waals surface area contributed by atoms with Crippen LogP contribution >= 0.6 is 0 Å². The van der Waals surface area contributed by atoms with E-state index in [0.717, 1.165) is 18.5 Å². The lowest BCUT2D eigenvalue weighted by Crippen LogP contribution is -2.16. The van der Waals surface area contributed by atoms with Crippen molar-refractivity contribution in [3.8, 4) is 0 Å². The summed E-state index contributed by atoms with van der Waals surface area (Å²) in [6.45, 7) is 2.94. The zero-order chi connectivity index (χ0) is 24.4. The molecule has 0 unspecified atom stereocenters. The summed E-state index contributed by atoms with van der Waals surface area (Å²) in [7, 11) is 1.78. The molecule has 0 radical (unpaired) electrons. The van der Waals surface area contributed by atoms with E-state index in [1.54, 1.807) is 11.9 Å². The van der Waals surface area contributed by atoms with Crippen LogP contribution in [0.3, 0.4) is 0 Å². The molecule has 0 atom stereocenters. The second kappa shape index (κ2) is 16.8. The van der Waals surface area contributed by atoms with E-state index in [-0.39, 0.29) is 17.3 Å². The van der Waals surface area contributed by atoms with Gasteiger partial charge in [0.1, 0.15) is 6.33 Å². The van der Waals surface area contributed by atoms with Crippen LogP contribution in [0.15, 0.2) is 36.7 Å². The maximum Gasteiger partial charge on any atom is 0.353 e. The highest BCUT2D eigenvalue weighted by Crippen LogP contribution is 2.34. The largest absolute Gasteiger partial charge is 0.364 e. The van der Waals surface area contributed by atoms with Gasteiger partial charge in [-0.2, -0.15) is 0 Å². The van der Waals surface area contributed by atoms with Crippen LogP contribution in [0.4, 0.5) is 23.0 Å². The SMILES string of the molecule is CCCCCCCCCCCCCCCCNc1ncnc(N(C)c2ccccc2)c1[N+](=O)[O-]. The Bertz CT molecular complexity index is 816. The number of anilines is 3. The van der Waals surface area contributed by atoms with Gasteiger partial charge in [0, 0.05) is 19.3 Å². The smallest absolute Gasteiger partial charge is 0.353 e. The summed E-state index contributed by atoms with van der Waals surface area (Å²) in [5.74, 6) is 0.571. The molecule has 7 heteroatoms. The molecular weight excluding hydrogens is 426 g/mol. The quantitative estimate of drug-likeness (QED) is 0.127.